The van der Waals surface area contributed by atoms with Crippen LogP contribution in [0.3, 0.4) is 0 Å². The first kappa shape index (κ1) is 16.7. The molecular formula is C21H23NOS. The molecule has 0 bridgehead atoms. The van der Waals surface area contributed by atoms with Crippen LogP contribution in [0.25, 0.3) is 10.4 Å². The van der Waals surface area contributed by atoms with E-state index in [0.717, 1.165) is 21.9 Å². The molecule has 1 atom stereocenters. The first-order chi connectivity index (χ1) is 11.5. The van der Waals surface area contributed by atoms with E-state index >= 15 is 0 Å². The lowest BCUT2D eigenvalue weighted by Gasteiger charge is -2.10. The summed E-state index contributed by atoms with van der Waals surface area (Å²) in [5.41, 5.74) is 3.61. The summed E-state index contributed by atoms with van der Waals surface area (Å²) < 4.78 is 0. The second-order valence-electron chi connectivity index (χ2n) is 6.63. The Kier molecular flexibility index (Phi) is 5.00. The van der Waals surface area contributed by atoms with E-state index in [1.165, 1.54) is 11.1 Å². The van der Waals surface area contributed by atoms with E-state index < -0.39 is 0 Å². The molecule has 2 nitrogen and oxygen atoms in total. The maximum atomic E-state index is 10.2. The first-order valence-electron chi connectivity index (χ1n) is 8.38. The lowest BCUT2D eigenvalue weighted by atomic mass is 9.97. The van der Waals surface area contributed by atoms with Crippen LogP contribution in [0.2, 0.25) is 0 Å². The summed E-state index contributed by atoms with van der Waals surface area (Å²) in [6.07, 6.45) is 1.10. The molecule has 3 aromatic rings. The van der Waals surface area contributed by atoms with Crippen molar-refractivity contribution in [2.45, 2.75) is 33.1 Å². The fourth-order valence-corrected chi connectivity index (χ4v) is 3.89. The Balaban J connectivity index is 1.84. The molecule has 24 heavy (non-hydrogen) atoms. The van der Waals surface area contributed by atoms with Crippen LogP contribution >= 0.6 is 11.3 Å². The van der Waals surface area contributed by atoms with Gasteiger partial charge in [0.2, 0.25) is 5.88 Å². The van der Waals surface area contributed by atoms with Crippen LogP contribution < -0.4 is 0 Å². The summed E-state index contributed by atoms with van der Waals surface area (Å²) in [5, 5.41) is 11.2. The van der Waals surface area contributed by atoms with E-state index in [0.29, 0.717) is 5.92 Å². The normalized spacial score (nSPS) is 12.5. The fraction of sp³-hybridized carbons (Fsp3) is 0.286. The highest BCUT2D eigenvalue weighted by atomic mass is 32.1. The molecule has 0 saturated carbocycles. The van der Waals surface area contributed by atoms with Crippen molar-refractivity contribution >= 4 is 11.3 Å². The second kappa shape index (κ2) is 7.18. The van der Waals surface area contributed by atoms with Gasteiger partial charge in [0, 0.05) is 5.92 Å². The zero-order valence-corrected chi connectivity index (χ0v) is 15.2. The number of aromatic nitrogens is 1. The highest BCUT2D eigenvalue weighted by Gasteiger charge is 2.18. The van der Waals surface area contributed by atoms with Crippen molar-refractivity contribution < 1.29 is 5.11 Å². The summed E-state index contributed by atoms with van der Waals surface area (Å²) in [6, 6.07) is 18.7. The van der Waals surface area contributed by atoms with Crippen molar-refractivity contribution in [2.75, 3.05) is 0 Å². The van der Waals surface area contributed by atoms with Crippen LogP contribution in [0.15, 0.2) is 54.6 Å². The van der Waals surface area contributed by atoms with Crippen molar-refractivity contribution in [1.29, 1.82) is 0 Å². The van der Waals surface area contributed by atoms with Gasteiger partial charge in [-0.3, -0.25) is 0 Å². The number of nitrogens with zero attached hydrogens (tertiary/aromatic N) is 1. The third-order valence-electron chi connectivity index (χ3n) is 4.16. The maximum absolute atomic E-state index is 10.2. The lowest BCUT2D eigenvalue weighted by Crippen LogP contribution is -1.97. The van der Waals surface area contributed by atoms with E-state index in [1.54, 1.807) is 11.3 Å². The average molecular weight is 337 g/mol. The molecule has 0 fully saturated rings. The molecule has 0 aliphatic rings. The molecule has 2 aromatic carbocycles. The van der Waals surface area contributed by atoms with Crippen molar-refractivity contribution in [2.24, 2.45) is 5.92 Å². The Morgan fingerprint density at radius 2 is 1.62 bits per heavy atom. The van der Waals surface area contributed by atoms with Gasteiger partial charge in [-0.25, -0.2) is 4.98 Å². The van der Waals surface area contributed by atoms with E-state index in [1.807, 2.05) is 30.3 Å². The Bertz CT molecular complexity index is 790. The molecule has 1 heterocycles. The molecule has 0 saturated heterocycles. The molecule has 124 valence electrons. The van der Waals surface area contributed by atoms with Crippen LogP contribution in [-0.2, 0) is 6.42 Å². The Morgan fingerprint density at radius 3 is 2.25 bits per heavy atom. The van der Waals surface area contributed by atoms with Gasteiger partial charge in [0.15, 0.2) is 0 Å². The van der Waals surface area contributed by atoms with Crippen LogP contribution in [-0.4, -0.2) is 10.1 Å². The van der Waals surface area contributed by atoms with Gasteiger partial charge < -0.3 is 5.11 Å². The van der Waals surface area contributed by atoms with Gasteiger partial charge >= 0.3 is 0 Å². The van der Waals surface area contributed by atoms with Crippen LogP contribution in [0, 0.1) is 5.92 Å². The number of hydrogen-bond donors (Lipinski definition) is 1. The number of benzene rings is 2. The predicted octanol–water partition coefficient (Wildman–Crippen LogP) is 5.87. The van der Waals surface area contributed by atoms with E-state index in [9.17, 15) is 5.11 Å². The molecule has 1 N–H and O–H groups in total. The van der Waals surface area contributed by atoms with E-state index in [-0.39, 0.29) is 11.8 Å². The molecule has 3 heteroatoms. The highest BCUT2D eigenvalue weighted by Crippen LogP contribution is 2.39. The molecule has 0 amide bonds. The third-order valence-corrected chi connectivity index (χ3v) is 5.43. The van der Waals surface area contributed by atoms with Crippen LogP contribution in [0.4, 0.5) is 0 Å². The summed E-state index contributed by atoms with van der Waals surface area (Å²) >= 11 is 1.57. The zero-order valence-electron chi connectivity index (χ0n) is 14.4. The third kappa shape index (κ3) is 3.68. The maximum Gasteiger partial charge on any atom is 0.230 e. The molecule has 0 radical (unpaired) electrons. The monoisotopic (exact) mass is 337 g/mol. The summed E-state index contributed by atoms with van der Waals surface area (Å²) in [4.78, 5) is 5.25. The molecule has 0 aliphatic heterocycles. The zero-order chi connectivity index (χ0) is 17.1. The largest absolute Gasteiger partial charge is 0.492 e. The molecule has 1 aromatic heterocycles. The van der Waals surface area contributed by atoms with Crippen LogP contribution in [0.5, 0.6) is 5.88 Å². The summed E-state index contributed by atoms with van der Waals surface area (Å²) in [5.74, 6) is 0.966. The Hall–Kier alpha value is -2.13. The molecule has 0 spiro atoms. The van der Waals surface area contributed by atoms with Gasteiger partial charge in [0.05, 0.1) is 4.88 Å². The second-order valence-corrected chi connectivity index (χ2v) is 7.66. The minimum Gasteiger partial charge on any atom is -0.492 e. The summed E-state index contributed by atoms with van der Waals surface area (Å²) in [7, 11) is 0. The van der Waals surface area contributed by atoms with Gasteiger partial charge in [-0.05, 0) is 29.0 Å². The van der Waals surface area contributed by atoms with Gasteiger partial charge in [-0.15, -0.1) is 11.3 Å². The van der Waals surface area contributed by atoms with Crippen molar-refractivity contribution in [3.8, 4) is 16.3 Å². The minimum absolute atomic E-state index is 0.129. The van der Waals surface area contributed by atoms with Gasteiger partial charge in [-0.1, -0.05) is 75.4 Å². The SMILES string of the molecule is CC(C)Cc1ccc(C(C)c2nc(O)c(-c3ccccc3)s2)cc1. The minimum atomic E-state index is 0.129. The number of thiazole rings is 1. The van der Waals surface area contributed by atoms with Gasteiger partial charge in [0.1, 0.15) is 5.01 Å². The molecule has 0 aliphatic carbocycles. The van der Waals surface area contributed by atoms with Crippen molar-refractivity contribution in [3.63, 3.8) is 0 Å². The number of aromatic hydroxyl groups is 1. The summed E-state index contributed by atoms with van der Waals surface area (Å²) in [6.45, 7) is 6.62. The van der Waals surface area contributed by atoms with Crippen LogP contribution in [0.1, 0.15) is 42.8 Å². The predicted molar refractivity (Wildman–Crippen MR) is 102 cm³/mol. The van der Waals surface area contributed by atoms with Crippen molar-refractivity contribution in [3.05, 3.63) is 70.7 Å². The first-order valence-corrected chi connectivity index (χ1v) is 9.20. The lowest BCUT2D eigenvalue weighted by molar-refractivity contribution is 0.457. The van der Waals surface area contributed by atoms with Crippen molar-refractivity contribution in [1.82, 2.24) is 4.98 Å². The highest BCUT2D eigenvalue weighted by molar-refractivity contribution is 7.15. The van der Waals surface area contributed by atoms with E-state index in [2.05, 4.69) is 50.0 Å². The standard InChI is InChI=1S/C21H23NOS/c1-14(2)13-16-9-11-17(12-10-16)15(3)21-22-20(23)19(24-21)18-7-5-4-6-8-18/h4-12,14-15,23H,13H2,1-3H3. The smallest absolute Gasteiger partial charge is 0.230 e. The molecular weight excluding hydrogens is 314 g/mol. The average Bonchev–Trinajstić information content (AvgIpc) is 2.97. The quantitative estimate of drug-likeness (QED) is 0.632. The Morgan fingerprint density at radius 1 is 0.958 bits per heavy atom. The fourth-order valence-electron chi connectivity index (χ4n) is 2.85. The topological polar surface area (TPSA) is 33.1 Å². The number of hydrogen-bond acceptors (Lipinski definition) is 3. The van der Waals surface area contributed by atoms with Gasteiger partial charge in [0.25, 0.3) is 0 Å². The van der Waals surface area contributed by atoms with Gasteiger partial charge in [-0.2, -0.15) is 0 Å². The number of rotatable bonds is 5. The molecule has 1 unspecified atom stereocenters. The Labute approximate surface area is 147 Å². The van der Waals surface area contributed by atoms with E-state index in [4.69, 9.17) is 0 Å². The molecule has 3 rings (SSSR count).